The number of carbonyl (C=O) groups is 1. The number of cyclic esters (lactones) is 1. The lowest BCUT2D eigenvalue weighted by Crippen LogP contribution is -2.37. The fourth-order valence-electron chi connectivity index (χ4n) is 3.41. The summed E-state index contributed by atoms with van der Waals surface area (Å²) in [6, 6.07) is 13.2. The van der Waals surface area contributed by atoms with Gasteiger partial charge in [0.1, 0.15) is 17.6 Å². The standard InChI is InChI=1S/C21H24ClNO4/c1-4-17(11-15-8-9-18(25-2)12-19(15)26-3)23-13-20(27-21(23)24)14-6-5-7-16(22)10-14/h5-10,12,17,20H,4,11,13H2,1-3H3/t17-,20+/m1/s1. The van der Waals surface area contributed by atoms with E-state index in [2.05, 4.69) is 6.92 Å². The summed E-state index contributed by atoms with van der Waals surface area (Å²) in [7, 11) is 3.26. The number of amides is 1. The van der Waals surface area contributed by atoms with Crippen molar-refractivity contribution in [3.05, 3.63) is 58.6 Å². The van der Waals surface area contributed by atoms with E-state index in [1.54, 1.807) is 19.1 Å². The molecule has 0 aromatic heterocycles. The van der Waals surface area contributed by atoms with Gasteiger partial charge in [-0.1, -0.05) is 36.7 Å². The highest BCUT2D eigenvalue weighted by atomic mass is 35.5. The van der Waals surface area contributed by atoms with Crippen molar-refractivity contribution in [2.24, 2.45) is 0 Å². The molecule has 1 aliphatic heterocycles. The van der Waals surface area contributed by atoms with Crippen molar-refractivity contribution in [2.75, 3.05) is 20.8 Å². The third-order valence-corrected chi connectivity index (χ3v) is 5.16. The number of hydrogen-bond donors (Lipinski definition) is 0. The molecule has 1 amide bonds. The number of hydrogen-bond acceptors (Lipinski definition) is 4. The third kappa shape index (κ3) is 4.30. The molecular formula is C21H24ClNO4. The van der Waals surface area contributed by atoms with Gasteiger partial charge < -0.3 is 19.1 Å². The van der Waals surface area contributed by atoms with Gasteiger partial charge in [0.15, 0.2) is 0 Å². The van der Waals surface area contributed by atoms with Crippen LogP contribution >= 0.6 is 11.6 Å². The van der Waals surface area contributed by atoms with E-state index in [0.29, 0.717) is 18.0 Å². The number of nitrogens with zero attached hydrogens (tertiary/aromatic N) is 1. The Morgan fingerprint density at radius 2 is 2.04 bits per heavy atom. The average Bonchev–Trinajstić information content (AvgIpc) is 3.07. The SMILES string of the molecule is CC[C@H](Cc1ccc(OC)cc1OC)N1C[C@@H](c2cccc(Cl)c2)OC1=O. The number of carbonyl (C=O) groups excluding carboxylic acids is 1. The Hall–Kier alpha value is -2.40. The lowest BCUT2D eigenvalue weighted by atomic mass is 10.0. The molecule has 0 radical (unpaired) electrons. The summed E-state index contributed by atoms with van der Waals surface area (Å²) in [5, 5.41) is 0.636. The first-order valence-electron chi connectivity index (χ1n) is 8.99. The zero-order chi connectivity index (χ0) is 19.4. The Morgan fingerprint density at radius 1 is 1.22 bits per heavy atom. The first kappa shape index (κ1) is 19.4. The van der Waals surface area contributed by atoms with Gasteiger partial charge in [-0.25, -0.2) is 4.79 Å². The highest BCUT2D eigenvalue weighted by molar-refractivity contribution is 6.30. The number of ether oxygens (including phenoxy) is 3. The van der Waals surface area contributed by atoms with Crippen molar-refractivity contribution in [1.82, 2.24) is 4.90 Å². The van der Waals surface area contributed by atoms with Crippen LogP contribution in [0, 0.1) is 0 Å². The topological polar surface area (TPSA) is 48.0 Å². The minimum Gasteiger partial charge on any atom is -0.497 e. The van der Waals surface area contributed by atoms with Gasteiger partial charge >= 0.3 is 6.09 Å². The second-order valence-electron chi connectivity index (χ2n) is 6.52. The molecule has 3 rings (SSSR count). The number of methoxy groups -OCH3 is 2. The van der Waals surface area contributed by atoms with Crippen LogP contribution < -0.4 is 9.47 Å². The second kappa shape index (κ2) is 8.53. The van der Waals surface area contributed by atoms with Crippen LogP contribution in [0.3, 0.4) is 0 Å². The predicted octanol–water partition coefficient (Wildman–Crippen LogP) is 4.87. The molecule has 0 aliphatic carbocycles. The molecule has 1 heterocycles. The van der Waals surface area contributed by atoms with Gasteiger partial charge in [-0.2, -0.15) is 0 Å². The minimum atomic E-state index is -0.303. The molecule has 27 heavy (non-hydrogen) atoms. The molecule has 6 heteroatoms. The van der Waals surface area contributed by atoms with Gasteiger partial charge in [-0.05, 0) is 42.2 Å². The van der Waals surface area contributed by atoms with E-state index < -0.39 is 0 Å². The molecular weight excluding hydrogens is 366 g/mol. The summed E-state index contributed by atoms with van der Waals surface area (Å²) in [4.78, 5) is 14.3. The summed E-state index contributed by atoms with van der Waals surface area (Å²) in [6.07, 6.45) is 0.899. The molecule has 0 N–H and O–H groups in total. The molecule has 0 unspecified atom stereocenters. The van der Waals surface area contributed by atoms with Crippen LogP contribution in [0.15, 0.2) is 42.5 Å². The molecule has 144 valence electrons. The molecule has 1 aliphatic rings. The fraction of sp³-hybridized carbons (Fsp3) is 0.381. The van der Waals surface area contributed by atoms with Gasteiger partial charge in [0.2, 0.25) is 0 Å². The third-order valence-electron chi connectivity index (χ3n) is 4.92. The zero-order valence-electron chi connectivity index (χ0n) is 15.8. The Labute approximate surface area is 164 Å². The van der Waals surface area contributed by atoms with Crippen molar-refractivity contribution in [2.45, 2.75) is 31.9 Å². The maximum Gasteiger partial charge on any atom is 0.410 e. The van der Waals surface area contributed by atoms with E-state index in [1.807, 2.05) is 42.5 Å². The Kier molecular flexibility index (Phi) is 6.11. The van der Waals surface area contributed by atoms with E-state index in [4.69, 9.17) is 25.8 Å². The highest BCUT2D eigenvalue weighted by Crippen LogP contribution is 2.32. The fourth-order valence-corrected chi connectivity index (χ4v) is 3.61. The predicted molar refractivity (Wildman–Crippen MR) is 105 cm³/mol. The van der Waals surface area contributed by atoms with Crippen LogP contribution in [0.5, 0.6) is 11.5 Å². The quantitative estimate of drug-likeness (QED) is 0.677. The maximum absolute atomic E-state index is 12.5. The molecule has 2 aromatic rings. The Morgan fingerprint density at radius 3 is 2.70 bits per heavy atom. The van der Waals surface area contributed by atoms with E-state index in [0.717, 1.165) is 29.0 Å². The van der Waals surface area contributed by atoms with Crippen LogP contribution in [0.2, 0.25) is 5.02 Å². The number of halogens is 1. The smallest absolute Gasteiger partial charge is 0.410 e. The molecule has 2 atom stereocenters. The first-order valence-corrected chi connectivity index (χ1v) is 9.37. The van der Waals surface area contributed by atoms with Crippen LogP contribution in [0.1, 0.15) is 30.6 Å². The Balaban J connectivity index is 1.77. The summed E-state index contributed by atoms with van der Waals surface area (Å²) in [5.41, 5.74) is 1.94. The lowest BCUT2D eigenvalue weighted by Gasteiger charge is -2.25. The van der Waals surface area contributed by atoms with E-state index in [9.17, 15) is 4.79 Å². The van der Waals surface area contributed by atoms with Gasteiger partial charge in [0.05, 0.1) is 20.8 Å². The van der Waals surface area contributed by atoms with Gasteiger partial charge in [-0.3, -0.25) is 0 Å². The summed E-state index contributed by atoms with van der Waals surface area (Å²) < 4.78 is 16.4. The molecule has 0 saturated carbocycles. The average molecular weight is 390 g/mol. The molecule has 1 saturated heterocycles. The monoisotopic (exact) mass is 389 g/mol. The van der Waals surface area contributed by atoms with Crippen molar-refractivity contribution < 1.29 is 19.0 Å². The molecule has 1 fully saturated rings. The van der Waals surface area contributed by atoms with Gasteiger partial charge in [-0.15, -0.1) is 0 Å². The maximum atomic E-state index is 12.5. The molecule has 2 aromatic carbocycles. The van der Waals surface area contributed by atoms with Gasteiger partial charge in [0, 0.05) is 17.1 Å². The van der Waals surface area contributed by atoms with Crippen LogP contribution in [-0.4, -0.2) is 37.8 Å². The van der Waals surface area contributed by atoms with Crippen LogP contribution in [0.25, 0.3) is 0 Å². The normalized spacial score (nSPS) is 17.6. The van der Waals surface area contributed by atoms with Gasteiger partial charge in [0.25, 0.3) is 0 Å². The first-order chi connectivity index (χ1) is 13.0. The molecule has 0 spiro atoms. The molecule has 5 nitrogen and oxygen atoms in total. The van der Waals surface area contributed by atoms with Crippen molar-refractivity contribution in [3.63, 3.8) is 0 Å². The van der Waals surface area contributed by atoms with Crippen molar-refractivity contribution in [3.8, 4) is 11.5 Å². The van der Waals surface area contributed by atoms with Crippen molar-refractivity contribution >= 4 is 17.7 Å². The Bertz CT molecular complexity index is 811. The van der Waals surface area contributed by atoms with E-state index in [1.165, 1.54) is 0 Å². The minimum absolute atomic E-state index is 0.0176. The van der Waals surface area contributed by atoms with Crippen LogP contribution in [0.4, 0.5) is 4.79 Å². The largest absolute Gasteiger partial charge is 0.497 e. The van der Waals surface area contributed by atoms with E-state index >= 15 is 0 Å². The summed E-state index contributed by atoms with van der Waals surface area (Å²) in [6.45, 7) is 2.58. The van der Waals surface area contributed by atoms with Crippen molar-refractivity contribution in [1.29, 1.82) is 0 Å². The summed E-state index contributed by atoms with van der Waals surface area (Å²) in [5.74, 6) is 1.50. The van der Waals surface area contributed by atoms with Crippen LogP contribution in [-0.2, 0) is 11.2 Å². The van der Waals surface area contributed by atoms with E-state index in [-0.39, 0.29) is 18.2 Å². The molecule has 0 bridgehead atoms. The zero-order valence-corrected chi connectivity index (χ0v) is 16.5. The number of benzene rings is 2. The highest BCUT2D eigenvalue weighted by Gasteiger charge is 2.36. The lowest BCUT2D eigenvalue weighted by molar-refractivity contribution is 0.127. The second-order valence-corrected chi connectivity index (χ2v) is 6.96. The number of rotatable bonds is 7. The summed E-state index contributed by atoms with van der Waals surface area (Å²) >= 11 is 6.07.